The predicted octanol–water partition coefficient (Wildman–Crippen LogP) is 3.84. The highest BCUT2D eigenvalue weighted by Crippen LogP contribution is 2.29. The number of hydrazone groups is 1. The lowest BCUT2D eigenvalue weighted by Crippen LogP contribution is -2.27. The third-order valence-electron chi connectivity index (χ3n) is 5.22. The molecule has 2 unspecified atom stereocenters. The molecule has 2 aromatic heterocycles. The van der Waals surface area contributed by atoms with Crippen LogP contribution in [0.15, 0.2) is 53.8 Å². The first-order valence-corrected chi connectivity index (χ1v) is 10.7. The molecule has 3 heterocycles. The quantitative estimate of drug-likeness (QED) is 0.450. The number of hydrogen-bond donors (Lipinski definition) is 0. The molecule has 0 aliphatic carbocycles. The van der Waals surface area contributed by atoms with Crippen LogP contribution in [0.1, 0.15) is 42.1 Å². The van der Waals surface area contributed by atoms with Crippen LogP contribution < -0.4 is 5.30 Å². The fourth-order valence-corrected chi connectivity index (χ4v) is 4.27. The Kier molecular flexibility index (Phi) is 5.78. The zero-order valence-corrected chi connectivity index (χ0v) is 18.5. The van der Waals surface area contributed by atoms with Gasteiger partial charge in [0.15, 0.2) is 0 Å². The molecule has 4 rings (SSSR count). The van der Waals surface area contributed by atoms with E-state index in [1.54, 1.807) is 5.01 Å². The SMILES string of the molecule is C=C(CCC(=O)N1N=CCC1c1cc(C)cc(P)c1)Cn1cc2nc(C)ccc2n1. The molecule has 1 aliphatic rings. The van der Waals surface area contributed by atoms with E-state index in [0.29, 0.717) is 19.4 Å². The molecule has 0 bridgehead atoms. The number of pyridine rings is 1. The van der Waals surface area contributed by atoms with Crippen molar-refractivity contribution in [2.75, 3.05) is 0 Å². The van der Waals surface area contributed by atoms with Gasteiger partial charge in [-0.05, 0) is 49.3 Å². The number of fused-ring (bicyclic) bond motifs is 1. The highest BCUT2D eigenvalue weighted by Gasteiger charge is 2.28. The van der Waals surface area contributed by atoms with E-state index >= 15 is 0 Å². The number of hydrogen-bond acceptors (Lipinski definition) is 4. The van der Waals surface area contributed by atoms with E-state index < -0.39 is 0 Å². The summed E-state index contributed by atoms with van der Waals surface area (Å²) in [6, 6.07) is 10.2. The molecule has 2 atom stereocenters. The molecule has 30 heavy (non-hydrogen) atoms. The van der Waals surface area contributed by atoms with Gasteiger partial charge in [-0.2, -0.15) is 10.2 Å². The highest BCUT2D eigenvalue weighted by atomic mass is 31.0. The summed E-state index contributed by atoms with van der Waals surface area (Å²) in [4.78, 5) is 17.4. The molecular formula is C23H26N5OP. The van der Waals surface area contributed by atoms with Gasteiger partial charge in [0.05, 0.1) is 18.8 Å². The van der Waals surface area contributed by atoms with Crippen molar-refractivity contribution in [3.8, 4) is 0 Å². The second-order valence-corrected chi connectivity index (χ2v) is 8.57. The second kappa shape index (κ2) is 8.49. The van der Waals surface area contributed by atoms with Crippen molar-refractivity contribution >= 4 is 37.7 Å². The summed E-state index contributed by atoms with van der Waals surface area (Å²) in [6.07, 6.45) is 5.47. The van der Waals surface area contributed by atoms with E-state index in [-0.39, 0.29) is 11.9 Å². The van der Waals surface area contributed by atoms with Crippen molar-refractivity contribution in [2.45, 2.75) is 45.7 Å². The Morgan fingerprint density at radius 3 is 2.83 bits per heavy atom. The number of allylic oxidation sites excluding steroid dienone is 1. The van der Waals surface area contributed by atoms with Crippen molar-refractivity contribution < 1.29 is 4.79 Å². The first-order valence-electron chi connectivity index (χ1n) is 10.1. The minimum absolute atomic E-state index is 0.0182. The molecule has 1 amide bonds. The number of aromatic nitrogens is 3. The standard InChI is InChI=1S/C23H26N5OP/c1-15(13-27-14-21-20(26-27)6-5-17(3)25-21)4-7-23(29)28-22(8-9-24-28)18-10-16(2)11-19(30)12-18/h5-6,9-12,14,22H,1,4,7-8,13,30H2,2-3H3. The lowest BCUT2D eigenvalue weighted by Gasteiger charge is -2.23. The van der Waals surface area contributed by atoms with Gasteiger partial charge < -0.3 is 0 Å². The predicted molar refractivity (Wildman–Crippen MR) is 124 cm³/mol. The average molecular weight is 419 g/mol. The number of benzene rings is 1. The number of carbonyl (C=O) groups is 1. The summed E-state index contributed by atoms with van der Waals surface area (Å²) >= 11 is 0. The van der Waals surface area contributed by atoms with Crippen molar-refractivity contribution in [1.29, 1.82) is 0 Å². The van der Waals surface area contributed by atoms with Crippen LogP contribution in [-0.2, 0) is 11.3 Å². The van der Waals surface area contributed by atoms with Crippen LogP contribution in [0.25, 0.3) is 11.0 Å². The van der Waals surface area contributed by atoms with Crippen molar-refractivity contribution in [1.82, 2.24) is 19.8 Å². The van der Waals surface area contributed by atoms with Gasteiger partial charge in [0.1, 0.15) is 11.0 Å². The Bertz CT molecular complexity index is 1130. The first kappa shape index (κ1) is 20.4. The summed E-state index contributed by atoms with van der Waals surface area (Å²) < 4.78 is 1.84. The van der Waals surface area contributed by atoms with E-state index in [4.69, 9.17) is 0 Å². The van der Waals surface area contributed by atoms with E-state index in [1.807, 2.05) is 36.1 Å². The Labute approximate surface area is 178 Å². The highest BCUT2D eigenvalue weighted by molar-refractivity contribution is 7.27. The van der Waals surface area contributed by atoms with E-state index in [1.165, 1.54) is 5.56 Å². The number of carbonyl (C=O) groups excluding carboxylic acids is 1. The first-order chi connectivity index (χ1) is 14.4. The average Bonchev–Trinajstić information content (AvgIpc) is 3.31. The van der Waals surface area contributed by atoms with Crippen molar-refractivity contribution in [3.63, 3.8) is 0 Å². The third-order valence-corrected chi connectivity index (χ3v) is 5.55. The van der Waals surface area contributed by atoms with Crippen molar-refractivity contribution in [3.05, 3.63) is 65.5 Å². The number of amides is 1. The van der Waals surface area contributed by atoms with Crippen LogP contribution >= 0.6 is 9.24 Å². The van der Waals surface area contributed by atoms with Crippen LogP contribution in [0.4, 0.5) is 0 Å². The van der Waals surface area contributed by atoms with Crippen LogP contribution in [0.2, 0.25) is 0 Å². The number of aryl methyl sites for hydroxylation is 2. The molecule has 0 saturated carbocycles. The van der Waals surface area contributed by atoms with Crippen LogP contribution in [0, 0.1) is 13.8 Å². The molecule has 7 heteroatoms. The maximum absolute atomic E-state index is 12.9. The van der Waals surface area contributed by atoms with Gasteiger partial charge in [0.25, 0.3) is 0 Å². The van der Waals surface area contributed by atoms with Gasteiger partial charge in [0, 0.05) is 24.8 Å². The molecule has 0 radical (unpaired) electrons. The molecule has 154 valence electrons. The van der Waals surface area contributed by atoms with Crippen LogP contribution in [0.5, 0.6) is 0 Å². The summed E-state index contributed by atoms with van der Waals surface area (Å²) in [7, 11) is 2.73. The van der Waals surface area contributed by atoms with Gasteiger partial charge in [-0.1, -0.05) is 29.8 Å². The van der Waals surface area contributed by atoms with Gasteiger partial charge >= 0.3 is 0 Å². The summed E-state index contributed by atoms with van der Waals surface area (Å²) in [5.74, 6) is 0.0182. The topological polar surface area (TPSA) is 63.4 Å². The number of nitrogens with zero attached hydrogens (tertiary/aromatic N) is 5. The zero-order valence-electron chi connectivity index (χ0n) is 17.4. The maximum Gasteiger partial charge on any atom is 0.243 e. The fraction of sp³-hybridized carbons (Fsp3) is 0.304. The van der Waals surface area contributed by atoms with Crippen LogP contribution in [0.3, 0.4) is 0 Å². The van der Waals surface area contributed by atoms with E-state index in [9.17, 15) is 4.79 Å². The van der Waals surface area contributed by atoms with E-state index in [0.717, 1.165) is 39.6 Å². The zero-order chi connectivity index (χ0) is 21.3. The second-order valence-electron chi connectivity index (χ2n) is 7.90. The van der Waals surface area contributed by atoms with Gasteiger partial charge in [-0.15, -0.1) is 9.24 Å². The normalized spacial score (nSPS) is 15.8. The van der Waals surface area contributed by atoms with Crippen LogP contribution in [-0.4, -0.2) is 31.9 Å². The summed E-state index contributed by atoms with van der Waals surface area (Å²) in [5, 5.41) is 11.6. The summed E-state index contributed by atoms with van der Waals surface area (Å²) in [5.41, 5.74) is 5.97. The molecule has 1 aliphatic heterocycles. The van der Waals surface area contributed by atoms with Gasteiger partial charge in [-0.3, -0.25) is 9.48 Å². The lowest BCUT2D eigenvalue weighted by atomic mass is 10.0. The molecule has 6 nitrogen and oxygen atoms in total. The smallest absolute Gasteiger partial charge is 0.243 e. The third kappa shape index (κ3) is 4.49. The monoisotopic (exact) mass is 419 g/mol. The molecule has 3 aromatic rings. The van der Waals surface area contributed by atoms with E-state index in [2.05, 4.69) is 56.1 Å². The Hall–Kier alpha value is -2.85. The summed E-state index contributed by atoms with van der Waals surface area (Å²) in [6.45, 7) is 8.75. The molecule has 0 saturated heterocycles. The molecule has 0 spiro atoms. The minimum Gasteiger partial charge on any atom is -0.273 e. The minimum atomic E-state index is -0.0318. The van der Waals surface area contributed by atoms with Gasteiger partial charge in [-0.25, -0.2) is 9.99 Å². The van der Waals surface area contributed by atoms with Gasteiger partial charge in [0.2, 0.25) is 5.91 Å². The Morgan fingerprint density at radius 1 is 1.20 bits per heavy atom. The Morgan fingerprint density at radius 2 is 2.03 bits per heavy atom. The largest absolute Gasteiger partial charge is 0.273 e. The molecule has 1 aromatic carbocycles. The Balaban J connectivity index is 1.37. The molecule has 0 fully saturated rings. The maximum atomic E-state index is 12.9. The van der Waals surface area contributed by atoms with Crippen molar-refractivity contribution in [2.24, 2.45) is 5.10 Å². The lowest BCUT2D eigenvalue weighted by molar-refractivity contribution is -0.133. The molecular weight excluding hydrogens is 393 g/mol. The number of rotatable bonds is 6. The molecule has 0 N–H and O–H groups in total. The fourth-order valence-electron chi connectivity index (χ4n) is 3.81.